The normalized spacial score (nSPS) is 19.1. The molecule has 0 unspecified atom stereocenters. The van der Waals surface area contributed by atoms with Gasteiger partial charge in [0.25, 0.3) is 11.8 Å². The number of amides is 5. The van der Waals surface area contributed by atoms with E-state index in [2.05, 4.69) is 5.32 Å². The molecule has 6 rings (SSSR count). The van der Waals surface area contributed by atoms with Gasteiger partial charge in [-0.25, -0.2) is 9.59 Å². The fourth-order valence-electron chi connectivity index (χ4n) is 11.1. The fraction of sp³-hybridized carbons (Fsp3) is 0.738. The maximum atomic E-state index is 14.1. The van der Waals surface area contributed by atoms with Gasteiger partial charge in [0.15, 0.2) is 23.0 Å². The summed E-state index contributed by atoms with van der Waals surface area (Å²) < 4.78 is 44.7. The first-order valence-electron chi connectivity index (χ1n) is 31.1. The van der Waals surface area contributed by atoms with Crippen LogP contribution in [0.25, 0.3) is 0 Å². The Kier molecular flexibility index (Phi) is 26.8. The van der Waals surface area contributed by atoms with Crippen molar-refractivity contribution in [3.63, 3.8) is 0 Å². The van der Waals surface area contributed by atoms with E-state index in [1.807, 2.05) is 88.8 Å². The molecule has 2 heterocycles. The average Bonchev–Trinajstić information content (AvgIpc) is 3.28. The molecular weight excluding hydrogens is 1090 g/mol. The van der Waals surface area contributed by atoms with E-state index < -0.39 is 22.9 Å². The predicted molar refractivity (Wildman–Crippen MR) is 328 cm³/mol. The van der Waals surface area contributed by atoms with Crippen LogP contribution >= 0.6 is 0 Å². The number of rotatable bonds is 28. The van der Waals surface area contributed by atoms with Gasteiger partial charge < -0.3 is 72.8 Å². The second-order valence-corrected chi connectivity index (χ2v) is 26.4. The Bertz CT molecular complexity index is 2450. The average molecular weight is 1200 g/mol. The minimum absolute atomic E-state index is 0.0516. The third-order valence-electron chi connectivity index (χ3n) is 15.4. The van der Waals surface area contributed by atoms with Crippen molar-refractivity contribution < 1.29 is 67.0 Å². The predicted octanol–water partition coefficient (Wildman–Crippen LogP) is 10.1. The zero-order chi connectivity index (χ0) is 62.8. The van der Waals surface area contributed by atoms with Crippen LogP contribution in [0.3, 0.4) is 0 Å². The summed E-state index contributed by atoms with van der Waals surface area (Å²) in [6.45, 7) is 26.7. The number of carbonyl (C=O) groups is 5. The number of carbonyl (C=O) groups excluding carboxylic acids is 5. The second-order valence-electron chi connectivity index (χ2n) is 26.4. The van der Waals surface area contributed by atoms with E-state index in [4.69, 9.17) is 37.9 Å². The van der Waals surface area contributed by atoms with E-state index in [-0.39, 0.29) is 72.5 Å². The second kappa shape index (κ2) is 32.4. The van der Waals surface area contributed by atoms with Crippen LogP contribution in [0.1, 0.15) is 187 Å². The summed E-state index contributed by atoms with van der Waals surface area (Å²) in [6, 6.07) is 10.7. The van der Waals surface area contributed by atoms with E-state index in [0.29, 0.717) is 112 Å². The molecule has 2 aliphatic carbocycles. The molecular formula is C65H106N6O14. The number of nitrogens with zero attached hydrogens (tertiary/aromatic N) is 5. The Balaban J connectivity index is 0.000000315. The van der Waals surface area contributed by atoms with Crippen molar-refractivity contribution >= 4 is 29.9 Å². The van der Waals surface area contributed by atoms with Crippen molar-refractivity contribution in [3.8, 4) is 23.0 Å². The van der Waals surface area contributed by atoms with Crippen LogP contribution in [0.2, 0.25) is 0 Å². The van der Waals surface area contributed by atoms with Crippen LogP contribution in [-0.2, 0) is 23.7 Å². The summed E-state index contributed by atoms with van der Waals surface area (Å²) in [5.74, 6) is 1.85. The first kappa shape index (κ1) is 70.2. The van der Waals surface area contributed by atoms with Crippen LogP contribution < -0.4 is 24.3 Å². The number of hydrogen-bond acceptors (Lipinski definition) is 15. The van der Waals surface area contributed by atoms with Gasteiger partial charge in [-0.15, -0.1) is 0 Å². The zero-order valence-corrected chi connectivity index (χ0v) is 54.4. The maximum Gasteiger partial charge on any atom is 0.410 e. The SMILES string of the molecule is COCCCOc1cc(C(=O)N(C(C)C)[C@@H]2CC[C@H](CCN(C(=O)CC(C)(C)O)C3CC3)N(C(=O)OC(C)(C)C)C2)ccc1OC.COCCCOc1cc(C(=O)N(C(C)C)[C@@H]2CC[C@H](CCNC3CC3)N(C(=O)OC(C)(C)C)C2)ccc1OC. The van der Waals surface area contributed by atoms with Crippen molar-refractivity contribution in [2.24, 2.45) is 0 Å². The van der Waals surface area contributed by atoms with Crippen LogP contribution in [-0.4, -0.2) is 206 Å². The molecule has 2 N–H and O–H groups in total. The molecule has 4 fully saturated rings. The number of aliphatic hydroxyl groups is 1. The maximum absolute atomic E-state index is 14.1. The zero-order valence-electron chi connectivity index (χ0n) is 54.4. The first-order valence-corrected chi connectivity index (χ1v) is 31.1. The Hall–Kier alpha value is -5.57. The van der Waals surface area contributed by atoms with Gasteiger partial charge in [0.2, 0.25) is 5.91 Å². The molecule has 5 amide bonds. The molecule has 0 radical (unpaired) electrons. The van der Waals surface area contributed by atoms with Crippen molar-refractivity contribution in [1.82, 2.24) is 29.8 Å². The lowest BCUT2D eigenvalue weighted by Crippen LogP contribution is -2.58. The molecule has 2 aliphatic heterocycles. The van der Waals surface area contributed by atoms with Gasteiger partial charge in [0, 0.05) is 107 Å². The van der Waals surface area contributed by atoms with Gasteiger partial charge >= 0.3 is 12.2 Å². The summed E-state index contributed by atoms with van der Waals surface area (Å²) in [5, 5.41) is 13.8. The molecule has 4 atom stereocenters. The van der Waals surface area contributed by atoms with Gasteiger partial charge in [-0.05, 0) is 190 Å². The highest BCUT2D eigenvalue weighted by Crippen LogP contribution is 2.36. The molecule has 4 aliphatic rings. The molecule has 20 nitrogen and oxygen atoms in total. The Morgan fingerprint density at radius 1 is 0.576 bits per heavy atom. The number of ether oxygens (including phenoxy) is 8. The van der Waals surface area contributed by atoms with Gasteiger partial charge in [-0.2, -0.15) is 0 Å². The highest BCUT2D eigenvalue weighted by atomic mass is 16.6. The van der Waals surface area contributed by atoms with Crippen LogP contribution in [0.5, 0.6) is 23.0 Å². The van der Waals surface area contributed by atoms with Crippen LogP contribution in [0, 0.1) is 0 Å². The van der Waals surface area contributed by atoms with Gasteiger partial charge in [0.05, 0.1) is 51.5 Å². The number of nitrogens with one attached hydrogen (secondary N) is 1. The minimum atomic E-state index is -1.08. The standard InChI is InChI=1S/C35H57N3O8.C30H49N3O6/c1-24(2)38(32(40)25-11-16-29(44-9)30(21-25)45-20-10-19-43-8)28-15-14-27(37(23-28)33(41)46-34(3,4)5)17-18-36(26-12-13-26)31(39)22-35(6,7)42;1-21(2)33(28(34)22-9-14-26(37-7)27(19-22)38-18-8-17-36-6)25-13-12-24(15-16-31-23-10-11-23)32(20-25)29(35)39-30(3,4)5/h11,16,21,24,26-28,42H,10,12-15,17-20,22-23H2,1-9H3;9,14,19,21,23-25,31H,8,10-13,15-18,20H2,1-7H3/t27-,28-;24-,25-/m11/s1. The molecule has 2 aromatic rings. The Labute approximate surface area is 508 Å². The van der Waals surface area contributed by atoms with Crippen LogP contribution in [0.15, 0.2) is 36.4 Å². The lowest BCUT2D eigenvalue weighted by Gasteiger charge is -2.45. The highest BCUT2D eigenvalue weighted by molar-refractivity contribution is 5.96. The first-order chi connectivity index (χ1) is 40.1. The Morgan fingerprint density at radius 2 is 1.00 bits per heavy atom. The van der Waals surface area contributed by atoms with E-state index >= 15 is 0 Å². The van der Waals surface area contributed by atoms with Crippen molar-refractivity contribution in [1.29, 1.82) is 0 Å². The summed E-state index contributed by atoms with van der Waals surface area (Å²) >= 11 is 0. The molecule has 0 aromatic heterocycles. The van der Waals surface area contributed by atoms with Gasteiger partial charge in [-0.1, -0.05) is 0 Å². The van der Waals surface area contributed by atoms with E-state index in [1.54, 1.807) is 83.6 Å². The molecule has 2 saturated heterocycles. The van der Waals surface area contributed by atoms with Crippen molar-refractivity contribution in [3.05, 3.63) is 47.5 Å². The molecule has 0 spiro atoms. The summed E-state index contributed by atoms with van der Waals surface area (Å²) in [4.78, 5) is 77.3. The van der Waals surface area contributed by atoms with E-state index in [0.717, 1.165) is 45.1 Å². The topological polar surface area (TPSA) is 208 Å². The Morgan fingerprint density at radius 3 is 1.36 bits per heavy atom. The van der Waals surface area contributed by atoms with E-state index in [9.17, 15) is 29.1 Å². The quantitative estimate of drug-likeness (QED) is 0.0760. The third kappa shape index (κ3) is 22.6. The fourth-order valence-corrected chi connectivity index (χ4v) is 11.1. The molecule has 2 aromatic carbocycles. The number of benzene rings is 2. The number of likely N-dealkylation sites (tertiary alicyclic amines) is 2. The smallest absolute Gasteiger partial charge is 0.410 e. The van der Waals surface area contributed by atoms with E-state index in [1.165, 1.54) is 12.8 Å². The minimum Gasteiger partial charge on any atom is -0.493 e. The number of methoxy groups -OCH3 is 4. The summed E-state index contributed by atoms with van der Waals surface area (Å²) in [5.41, 5.74) is -1.35. The van der Waals surface area contributed by atoms with Gasteiger partial charge in [-0.3, -0.25) is 14.4 Å². The third-order valence-corrected chi connectivity index (χ3v) is 15.4. The molecule has 20 heteroatoms. The van der Waals surface area contributed by atoms with Gasteiger partial charge in [0.1, 0.15) is 11.2 Å². The molecule has 480 valence electrons. The monoisotopic (exact) mass is 1190 g/mol. The molecule has 0 bridgehead atoms. The van der Waals surface area contributed by atoms with Crippen LogP contribution in [0.4, 0.5) is 9.59 Å². The lowest BCUT2D eigenvalue weighted by atomic mass is 9.93. The summed E-state index contributed by atoms with van der Waals surface area (Å²) in [6.07, 6.45) is 9.62. The highest BCUT2D eigenvalue weighted by Gasteiger charge is 2.42. The molecule has 85 heavy (non-hydrogen) atoms. The lowest BCUT2D eigenvalue weighted by molar-refractivity contribution is -0.136. The summed E-state index contributed by atoms with van der Waals surface area (Å²) in [7, 11) is 6.45. The molecule has 2 saturated carbocycles. The number of piperidine rings is 2. The number of hydrogen-bond donors (Lipinski definition) is 2. The van der Waals surface area contributed by atoms with Crippen molar-refractivity contribution in [2.45, 2.75) is 232 Å². The van der Waals surface area contributed by atoms with Crippen molar-refractivity contribution in [2.75, 3.05) is 81.0 Å². The largest absolute Gasteiger partial charge is 0.493 e.